The molecule has 1 aromatic carbocycles. The molecule has 0 aliphatic carbocycles. The van der Waals surface area contributed by atoms with Gasteiger partial charge in [0.15, 0.2) is 5.43 Å². The highest BCUT2D eigenvalue weighted by Crippen LogP contribution is 2.50. The molecule has 2 saturated heterocycles. The second-order valence-electron chi connectivity index (χ2n) is 10.0. The fraction of sp³-hybridized carbons (Fsp3) is 0.458. The van der Waals surface area contributed by atoms with E-state index in [1.54, 1.807) is 4.90 Å². The highest BCUT2D eigenvalue weighted by atomic mass is 19.1. The first-order valence-corrected chi connectivity index (χ1v) is 11.5. The average Bonchev–Trinajstić information content (AvgIpc) is 2.97. The van der Waals surface area contributed by atoms with Crippen molar-refractivity contribution in [1.82, 2.24) is 14.5 Å². The van der Waals surface area contributed by atoms with Crippen LogP contribution >= 0.6 is 0 Å². The molecule has 1 spiro atoms. The number of amides is 2. The van der Waals surface area contributed by atoms with Crippen molar-refractivity contribution in [3.63, 3.8) is 0 Å². The van der Waals surface area contributed by atoms with Crippen molar-refractivity contribution in [1.29, 1.82) is 0 Å². The smallest absolute Gasteiger partial charge is 0.270 e. The van der Waals surface area contributed by atoms with Gasteiger partial charge in [-0.25, -0.2) is 13.2 Å². The van der Waals surface area contributed by atoms with E-state index in [2.05, 4.69) is 0 Å². The van der Waals surface area contributed by atoms with E-state index >= 15 is 0 Å². The van der Waals surface area contributed by atoms with Gasteiger partial charge in [-0.05, 0) is 26.7 Å². The molecular weight excluding hydrogens is 481 g/mol. The van der Waals surface area contributed by atoms with Crippen molar-refractivity contribution in [3.05, 3.63) is 68.9 Å². The third-order valence-corrected chi connectivity index (χ3v) is 7.53. The molecule has 2 fully saturated rings. The molecule has 0 radical (unpaired) electrons. The van der Waals surface area contributed by atoms with Gasteiger partial charge in [0.1, 0.15) is 40.0 Å². The SMILES string of the molecule is CC1CCC2(CC(C)(O)N(Cc3c(F)cc(F)cc3F)O2)C2CN1C(=O)c1cc(=O)c(C(N)=O)cn12. The van der Waals surface area contributed by atoms with Crippen LogP contribution in [0.5, 0.6) is 0 Å². The molecule has 4 atom stereocenters. The fourth-order valence-electron chi connectivity index (χ4n) is 5.63. The number of hydrogen-bond acceptors (Lipinski definition) is 6. The average molecular weight is 506 g/mol. The van der Waals surface area contributed by atoms with Crippen molar-refractivity contribution in [2.45, 2.75) is 63.1 Å². The van der Waals surface area contributed by atoms with E-state index in [1.165, 1.54) is 17.7 Å². The Hall–Kier alpha value is -3.22. The minimum Gasteiger partial charge on any atom is -0.374 e. The van der Waals surface area contributed by atoms with E-state index in [9.17, 15) is 32.7 Å². The lowest BCUT2D eigenvalue weighted by atomic mass is 9.82. The summed E-state index contributed by atoms with van der Waals surface area (Å²) in [6.45, 7) is 2.93. The van der Waals surface area contributed by atoms with Crippen molar-refractivity contribution in [2.24, 2.45) is 5.73 Å². The molecule has 12 heteroatoms. The minimum atomic E-state index is -1.70. The molecule has 2 amide bonds. The predicted molar refractivity (Wildman–Crippen MR) is 119 cm³/mol. The number of aromatic nitrogens is 1. The Morgan fingerprint density at radius 1 is 1.22 bits per heavy atom. The van der Waals surface area contributed by atoms with E-state index in [0.717, 1.165) is 11.1 Å². The molecule has 2 bridgehead atoms. The number of carbonyl (C=O) groups is 2. The number of pyridine rings is 1. The molecule has 5 rings (SSSR count). The van der Waals surface area contributed by atoms with Crippen LogP contribution in [0, 0.1) is 17.5 Å². The molecule has 9 nitrogen and oxygen atoms in total. The Labute approximate surface area is 203 Å². The third kappa shape index (κ3) is 3.71. The standard InChI is InChI=1S/C24H25F3N4O5/c1-12-3-4-24(11-23(2,35)31(36-24)9-14-16(26)5-13(25)6-17(14)27)20-10-29(12)22(34)18-7-19(32)15(21(28)33)8-30(18)20/h5-8,12,20,35H,3-4,9-11H2,1-2H3,(H2,28,33). The van der Waals surface area contributed by atoms with Gasteiger partial charge < -0.3 is 20.3 Å². The largest absolute Gasteiger partial charge is 0.374 e. The normalized spacial score (nSPS) is 29.9. The van der Waals surface area contributed by atoms with Gasteiger partial charge in [-0.3, -0.25) is 19.2 Å². The quantitative estimate of drug-likeness (QED) is 0.656. The van der Waals surface area contributed by atoms with E-state index < -0.39 is 58.3 Å². The van der Waals surface area contributed by atoms with Gasteiger partial charge >= 0.3 is 0 Å². The molecule has 3 N–H and O–H groups in total. The number of hydrogen-bond donors (Lipinski definition) is 2. The number of rotatable bonds is 3. The molecular formula is C24H25F3N4O5. The molecule has 2 aromatic rings. The fourth-order valence-corrected chi connectivity index (χ4v) is 5.63. The summed E-state index contributed by atoms with van der Waals surface area (Å²) in [5.41, 5.74) is 1.09. The predicted octanol–water partition coefficient (Wildman–Crippen LogP) is 1.83. The summed E-state index contributed by atoms with van der Waals surface area (Å²) in [5.74, 6) is -4.65. The number of carbonyl (C=O) groups excluding carboxylic acids is 2. The number of nitrogens with zero attached hydrogens (tertiary/aromatic N) is 3. The second kappa shape index (κ2) is 8.15. The van der Waals surface area contributed by atoms with Crippen LogP contribution in [0.4, 0.5) is 13.2 Å². The maximum atomic E-state index is 14.4. The number of aliphatic hydroxyl groups is 1. The Bertz CT molecular complexity index is 1320. The minimum absolute atomic E-state index is 0.0126. The molecule has 1 aromatic heterocycles. The Morgan fingerprint density at radius 3 is 2.53 bits per heavy atom. The zero-order valence-corrected chi connectivity index (χ0v) is 19.6. The highest BCUT2D eigenvalue weighted by molar-refractivity contribution is 5.96. The first kappa shape index (κ1) is 24.5. The molecule has 0 saturated carbocycles. The zero-order valence-electron chi connectivity index (χ0n) is 19.6. The number of benzene rings is 1. The number of primary amides is 1. The van der Waals surface area contributed by atoms with Gasteiger partial charge in [0.2, 0.25) is 0 Å². The van der Waals surface area contributed by atoms with Crippen LogP contribution in [-0.2, 0) is 11.4 Å². The van der Waals surface area contributed by atoms with E-state index in [0.29, 0.717) is 25.0 Å². The van der Waals surface area contributed by atoms with Crippen LogP contribution in [0.25, 0.3) is 0 Å². The molecule has 3 aliphatic heterocycles. The summed E-state index contributed by atoms with van der Waals surface area (Å²) in [7, 11) is 0. The van der Waals surface area contributed by atoms with Gasteiger partial charge in [-0.15, -0.1) is 0 Å². The van der Waals surface area contributed by atoms with Crippen LogP contribution in [0.15, 0.2) is 29.2 Å². The number of nitrogens with two attached hydrogens (primary N) is 1. The van der Waals surface area contributed by atoms with Gasteiger partial charge in [0.05, 0.1) is 12.6 Å². The van der Waals surface area contributed by atoms with E-state index in [4.69, 9.17) is 10.6 Å². The van der Waals surface area contributed by atoms with Gasteiger partial charge in [0, 0.05) is 49.0 Å². The summed E-state index contributed by atoms with van der Waals surface area (Å²) in [6.07, 6.45) is 2.05. The molecule has 3 aliphatic rings. The first-order valence-electron chi connectivity index (χ1n) is 11.5. The molecule has 4 unspecified atom stereocenters. The number of hydroxylamine groups is 2. The van der Waals surface area contributed by atoms with Crippen LogP contribution in [0.1, 0.15) is 65.6 Å². The van der Waals surface area contributed by atoms with Gasteiger partial charge in [-0.2, -0.15) is 5.06 Å². The lowest BCUT2D eigenvalue weighted by Crippen LogP contribution is -2.52. The Balaban J connectivity index is 1.60. The topological polar surface area (TPSA) is 118 Å². The maximum absolute atomic E-state index is 14.4. The van der Waals surface area contributed by atoms with Gasteiger partial charge in [-0.1, -0.05) is 0 Å². The molecule has 36 heavy (non-hydrogen) atoms. The lowest BCUT2D eigenvalue weighted by Gasteiger charge is -2.42. The molecule has 4 heterocycles. The number of halogens is 3. The van der Waals surface area contributed by atoms with Crippen LogP contribution in [-0.4, -0.2) is 55.4 Å². The Kier molecular flexibility index (Phi) is 5.54. The van der Waals surface area contributed by atoms with Crippen LogP contribution in [0.3, 0.4) is 0 Å². The van der Waals surface area contributed by atoms with E-state index in [-0.39, 0.29) is 36.2 Å². The summed E-state index contributed by atoms with van der Waals surface area (Å²) in [5, 5.41) is 12.3. The summed E-state index contributed by atoms with van der Waals surface area (Å²) in [4.78, 5) is 45.4. The summed E-state index contributed by atoms with van der Waals surface area (Å²) < 4.78 is 43.7. The maximum Gasteiger partial charge on any atom is 0.270 e. The monoisotopic (exact) mass is 506 g/mol. The number of fused-ring (bicyclic) bond motifs is 5. The van der Waals surface area contributed by atoms with Gasteiger partial charge in [0.25, 0.3) is 11.8 Å². The van der Waals surface area contributed by atoms with Crippen molar-refractivity contribution in [2.75, 3.05) is 6.54 Å². The van der Waals surface area contributed by atoms with Crippen LogP contribution < -0.4 is 11.2 Å². The summed E-state index contributed by atoms with van der Waals surface area (Å²) in [6, 6.07) is 1.28. The zero-order chi connectivity index (χ0) is 26.2. The third-order valence-electron chi connectivity index (χ3n) is 7.53. The van der Waals surface area contributed by atoms with E-state index in [1.807, 2.05) is 6.92 Å². The summed E-state index contributed by atoms with van der Waals surface area (Å²) >= 11 is 0. The second-order valence-corrected chi connectivity index (χ2v) is 10.0. The Morgan fingerprint density at radius 2 is 1.89 bits per heavy atom. The first-order chi connectivity index (χ1) is 16.8. The van der Waals surface area contributed by atoms with Crippen molar-refractivity contribution in [3.8, 4) is 0 Å². The van der Waals surface area contributed by atoms with Crippen LogP contribution in [0.2, 0.25) is 0 Å². The lowest BCUT2D eigenvalue weighted by molar-refractivity contribution is -0.276. The van der Waals surface area contributed by atoms with Crippen molar-refractivity contribution < 1.29 is 32.7 Å². The molecule has 192 valence electrons. The highest BCUT2D eigenvalue weighted by Gasteiger charge is 2.59. The van der Waals surface area contributed by atoms with Crippen molar-refractivity contribution >= 4 is 11.8 Å².